The van der Waals surface area contributed by atoms with E-state index in [1.807, 2.05) is 6.92 Å². The Morgan fingerprint density at radius 2 is 2.11 bits per heavy atom. The van der Waals surface area contributed by atoms with Crippen molar-refractivity contribution >= 4 is 0 Å². The summed E-state index contributed by atoms with van der Waals surface area (Å²) in [5.41, 5.74) is 0. The zero-order valence-corrected chi connectivity index (χ0v) is 6.52. The normalized spacial score (nSPS) is 17.3. The highest BCUT2D eigenvalue weighted by Gasteiger charge is 2.08. The molecule has 0 saturated carbocycles. The lowest BCUT2D eigenvalue weighted by Crippen LogP contribution is -2.31. The quantitative estimate of drug-likeness (QED) is 0.557. The standard InChI is InChI=1S/C7H17NO/c1-4-5-6(2)7(9)8-3/h6-9H,4-5H2,1-3H3/t6?,7-/m1/s1. The van der Waals surface area contributed by atoms with Gasteiger partial charge >= 0.3 is 0 Å². The second kappa shape index (κ2) is 4.77. The first-order chi connectivity index (χ1) is 4.22. The van der Waals surface area contributed by atoms with Gasteiger partial charge in [0, 0.05) is 0 Å². The van der Waals surface area contributed by atoms with Gasteiger partial charge in [0.1, 0.15) is 6.23 Å². The lowest BCUT2D eigenvalue weighted by atomic mass is 10.1. The lowest BCUT2D eigenvalue weighted by molar-refractivity contribution is 0.0862. The van der Waals surface area contributed by atoms with Gasteiger partial charge in [-0.2, -0.15) is 0 Å². The fourth-order valence-electron chi connectivity index (χ4n) is 0.898. The number of hydrogen-bond acceptors (Lipinski definition) is 2. The van der Waals surface area contributed by atoms with Gasteiger partial charge in [0.2, 0.25) is 0 Å². The van der Waals surface area contributed by atoms with Crippen LogP contribution in [0.4, 0.5) is 0 Å². The molecule has 0 aromatic carbocycles. The first kappa shape index (κ1) is 8.92. The molecule has 0 rings (SSSR count). The Hall–Kier alpha value is -0.0800. The third-order valence-corrected chi connectivity index (χ3v) is 1.58. The van der Waals surface area contributed by atoms with E-state index >= 15 is 0 Å². The minimum Gasteiger partial charge on any atom is -0.378 e. The predicted molar refractivity (Wildman–Crippen MR) is 39.1 cm³/mol. The maximum atomic E-state index is 9.15. The Balaban J connectivity index is 3.32. The van der Waals surface area contributed by atoms with Crippen LogP contribution < -0.4 is 5.32 Å². The van der Waals surface area contributed by atoms with Crippen molar-refractivity contribution in [1.29, 1.82) is 0 Å². The van der Waals surface area contributed by atoms with E-state index in [4.69, 9.17) is 5.11 Å². The van der Waals surface area contributed by atoms with Gasteiger partial charge in [-0.05, 0) is 19.4 Å². The van der Waals surface area contributed by atoms with Crippen LogP contribution in [0.15, 0.2) is 0 Å². The van der Waals surface area contributed by atoms with Crippen molar-refractivity contribution in [3.63, 3.8) is 0 Å². The maximum absolute atomic E-state index is 9.15. The Morgan fingerprint density at radius 3 is 2.44 bits per heavy atom. The minimum absolute atomic E-state index is 0.329. The van der Waals surface area contributed by atoms with Crippen molar-refractivity contribution in [1.82, 2.24) is 5.32 Å². The van der Waals surface area contributed by atoms with Gasteiger partial charge in [0.25, 0.3) is 0 Å². The molecule has 0 spiro atoms. The summed E-state index contributed by atoms with van der Waals surface area (Å²) in [6, 6.07) is 0. The fraction of sp³-hybridized carbons (Fsp3) is 1.00. The molecule has 0 radical (unpaired) electrons. The molecule has 0 aromatic heterocycles. The fourth-order valence-corrected chi connectivity index (χ4v) is 0.898. The van der Waals surface area contributed by atoms with Crippen LogP contribution in [-0.2, 0) is 0 Å². The minimum atomic E-state index is -0.329. The molecule has 0 saturated heterocycles. The Labute approximate surface area is 57.3 Å². The van der Waals surface area contributed by atoms with Crippen LogP contribution in [0.3, 0.4) is 0 Å². The monoisotopic (exact) mass is 131 g/mol. The molecule has 0 aliphatic carbocycles. The lowest BCUT2D eigenvalue weighted by Gasteiger charge is -2.16. The van der Waals surface area contributed by atoms with E-state index in [1.54, 1.807) is 7.05 Å². The van der Waals surface area contributed by atoms with Gasteiger partial charge in [0.15, 0.2) is 0 Å². The zero-order valence-electron chi connectivity index (χ0n) is 6.52. The molecular formula is C7H17NO. The van der Waals surface area contributed by atoms with Crippen molar-refractivity contribution in [2.24, 2.45) is 5.92 Å². The summed E-state index contributed by atoms with van der Waals surface area (Å²) in [5, 5.41) is 12.0. The molecule has 2 heteroatoms. The average Bonchev–Trinajstić information content (AvgIpc) is 1.87. The van der Waals surface area contributed by atoms with Crippen molar-refractivity contribution in [2.45, 2.75) is 32.9 Å². The number of nitrogens with one attached hydrogen (secondary N) is 1. The Kier molecular flexibility index (Phi) is 4.72. The van der Waals surface area contributed by atoms with Crippen LogP contribution in [0.5, 0.6) is 0 Å². The van der Waals surface area contributed by atoms with E-state index < -0.39 is 0 Å². The molecule has 2 atom stereocenters. The molecule has 0 aliphatic heterocycles. The van der Waals surface area contributed by atoms with Crippen LogP contribution in [0.25, 0.3) is 0 Å². The van der Waals surface area contributed by atoms with E-state index in [0.717, 1.165) is 12.8 Å². The Morgan fingerprint density at radius 1 is 1.56 bits per heavy atom. The molecule has 9 heavy (non-hydrogen) atoms. The third kappa shape index (κ3) is 3.49. The van der Waals surface area contributed by atoms with Crippen molar-refractivity contribution < 1.29 is 5.11 Å². The number of aliphatic hydroxyl groups is 1. The van der Waals surface area contributed by atoms with Gasteiger partial charge in [0.05, 0.1) is 0 Å². The van der Waals surface area contributed by atoms with E-state index in [0.29, 0.717) is 5.92 Å². The van der Waals surface area contributed by atoms with Crippen molar-refractivity contribution in [2.75, 3.05) is 7.05 Å². The van der Waals surface area contributed by atoms with Crippen LogP contribution in [0.1, 0.15) is 26.7 Å². The van der Waals surface area contributed by atoms with Crippen molar-refractivity contribution in [3.05, 3.63) is 0 Å². The number of hydrogen-bond donors (Lipinski definition) is 2. The number of aliphatic hydroxyl groups excluding tert-OH is 1. The first-order valence-electron chi connectivity index (χ1n) is 3.57. The molecule has 0 aromatic rings. The summed E-state index contributed by atoms with van der Waals surface area (Å²) in [6.07, 6.45) is 1.90. The highest BCUT2D eigenvalue weighted by molar-refractivity contribution is 4.58. The highest BCUT2D eigenvalue weighted by Crippen LogP contribution is 2.07. The van der Waals surface area contributed by atoms with E-state index in [-0.39, 0.29) is 6.23 Å². The largest absolute Gasteiger partial charge is 0.378 e. The molecular weight excluding hydrogens is 114 g/mol. The van der Waals surface area contributed by atoms with E-state index in [9.17, 15) is 0 Å². The van der Waals surface area contributed by atoms with Crippen LogP contribution >= 0.6 is 0 Å². The molecule has 0 heterocycles. The summed E-state index contributed by atoms with van der Waals surface area (Å²) < 4.78 is 0. The highest BCUT2D eigenvalue weighted by atomic mass is 16.3. The molecule has 2 N–H and O–H groups in total. The second-order valence-electron chi connectivity index (χ2n) is 2.50. The summed E-state index contributed by atoms with van der Waals surface area (Å²) in [5.74, 6) is 0.375. The summed E-state index contributed by atoms with van der Waals surface area (Å²) in [6.45, 7) is 4.17. The van der Waals surface area contributed by atoms with Gasteiger partial charge in [-0.15, -0.1) is 0 Å². The predicted octanol–water partition coefficient (Wildman–Crippen LogP) is 0.960. The molecule has 0 bridgehead atoms. The Bertz CT molecular complexity index is 65.9. The van der Waals surface area contributed by atoms with Gasteiger partial charge in [-0.3, -0.25) is 5.32 Å². The van der Waals surface area contributed by atoms with E-state index in [2.05, 4.69) is 12.2 Å². The average molecular weight is 131 g/mol. The summed E-state index contributed by atoms with van der Waals surface area (Å²) in [7, 11) is 1.77. The van der Waals surface area contributed by atoms with Gasteiger partial charge in [-0.1, -0.05) is 20.3 Å². The summed E-state index contributed by atoms with van der Waals surface area (Å²) >= 11 is 0. The van der Waals surface area contributed by atoms with Crippen LogP contribution in [0, 0.1) is 5.92 Å². The third-order valence-electron chi connectivity index (χ3n) is 1.58. The molecule has 2 nitrogen and oxygen atoms in total. The zero-order chi connectivity index (χ0) is 7.28. The SMILES string of the molecule is CCCC(C)[C@@H](O)NC. The molecule has 0 aliphatic rings. The topological polar surface area (TPSA) is 32.3 Å². The van der Waals surface area contributed by atoms with Crippen molar-refractivity contribution in [3.8, 4) is 0 Å². The molecule has 0 amide bonds. The molecule has 1 unspecified atom stereocenters. The maximum Gasteiger partial charge on any atom is 0.107 e. The van der Waals surface area contributed by atoms with Gasteiger partial charge in [-0.25, -0.2) is 0 Å². The van der Waals surface area contributed by atoms with Crippen LogP contribution in [-0.4, -0.2) is 18.4 Å². The van der Waals surface area contributed by atoms with Crippen LogP contribution in [0.2, 0.25) is 0 Å². The molecule has 56 valence electrons. The second-order valence-corrected chi connectivity index (χ2v) is 2.50. The number of rotatable bonds is 4. The molecule has 0 fully saturated rings. The smallest absolute Gasteiger partial charge is 0.107 e. The first-order valence-corrected chi connectivity index (χ1v) is 3.57. The summed E-state index contributed by atoms with van der Waals surface area (Å²) in [4.78, 5) is 0. The van der Waals surface area contributed by atoms with Gasteiger partial charge < -0.3 is 5.11 Å². The van der Waals surface area contributed by atoms with E-state index in [1.165, 1.54) is 0 Å².